The van der Waals surface area contributed by atoms with Gasteiger partial charge >= 0.3 is 0 Å². The predicted octanol–water partition coefficient (Wildman–Crippen LogP) is 5.22. The first-order valence-electron chi connectivity index (χ1n) is 13.0. The van der Waals surface area contributed by atoms with Crippen molar-refractivity contribution in [1.29, 1.82) is 0 Å². The van der Waals surface area contributed by atoms with Crippen LogP contribution in [0, 0.1) is 0 Å². The van der Waals surface area contributed by atoms with E-state index in [1.807, 2.05) is 91.0 Å². The number of nitrogens with two attached hydrogens (primary N) is 1. The maximum Gasteiger partial charge on any atom is 0.254 e. The van der Waals surface area contributed by atoms with Crippen LogP contribution in [0.4, 0.5) is 0 Å². The van der Waals surface area contributed by atoms with Gasteiger partial charge in [-0.05, 0) is 41.0 Å². The molecular weight excluding hydrogens is 502 g/mol. The van der Waals surface area contributed by atoms with E-state index in [-0.39, 0.29) is 6.42 Å². The molecule has 0 unspecified atom stereocenters. The van der Waals surface area contributed by atoms with E-state index >= 15 is 0 Å². The van der Waals surface area contributed by atoms with Gasteiger partial charge in [-0.3, -0.25) is 14.6 Å². The number of pyridine rings is 1. The molecule has 0 bridgehead atoms. The first kappa shape index (κ1) is 26.4. The lowest BCUT2D eigenvalue weighted by atomic mass is 10.0. The number of hydrogen-bond donors (Lipinski definition) is 2. The van der Waals surface area contributed by atoms with E-state index in [0.717, 1.165) is 22.1 Å². The molecule has 0 aliphatic carbocycles. The molecule has 1 atom stereocenters. The first-order chi connectivity index (χ1) is 19.6. The number of ether oxygens (including phenoxy) is 2. The van der Waals surface area contributed by atoms with Gasteiger partial charge in [-0.25, -0.2) is 0 Å². The molecule has 0 fully saturated rings. The van der Waals surface area contributed by atoms with Crippen LogP contribution >= 0.6 is 0 Å². The number of fused-ring (bicyclic) bond motifs is 1. The topological polar surface area (TPSA) is 104 Å². The number of benzene rings is 4. The highest BCUT2D eigenvalue weighted by Crippen LogP contribution is 2.31. The van der Waals surface area contributed by atoms with E-state index in [1.54, 1.807) is 24.4 Å². The number of para-hydroxylation sites is 1. The van der Waals surface area contributed by atoms with E-state index in [0.29, 0.717) is 35.8 Å². The van der Waals surface area contributed by atoms with Gasteiger partial charge in [0, 0.05) is 18.0 Å². The Morgan fingerprint density at radius 1 is 0.725 bits per heavy atom. The highest BCUT2D eigenvalue weighted by Gasteiger charge is 2.22. The molecule has 0 aliphatic rings. The summed E-state index contributed by atoms with van der Waals surface area (Å²) in [5, 5.41) is 3.62. The largest absolute Gasteiger partial charge is 0.485 e. The lowest BCUT2D eigenvalue weighted by Gasteiger charge is -2.18. The lowest BCUT2D eigenvalue weighted by molar-refractivity contribution is -0.119. The van der Waals surface area contributed by atoms with Crippen LogP contribution in [0.2, 0.25) is 0 Å². The second-order valence-corrected chi connectivity index (χ2v) is 9.34. The minimum absolute atomic E-state index is 0.180. The van der Waals surface area contributed by atoms with Crippen molar-refractivity contribution in [3.8, 4) is 11.5 Å². The van der Waals surface area contributed by atoms with Crippen molar-refractivity contribution in [3.05, 3.63) is 138 Å². The number of rotatable bonds is 11. The molecule has 7 heteroatoms. The summed E-state index contributed by atoms with van der Waals surface area (Å²) in [6.07, 6.45) is 1.81. The van der Waals surface area contributed by atoms with Crippen molar-refractivity contribution < 1.29 is 19.1 Å². The Morgan fingerprint density at radius 3 is 2.05 bits per heavy atom. The number of primary amides is 1. The normalized spacial score (nSPS) is 11.5. The molecule has 1 aromatic heterocycles. The van der Waals surface area contributed by atoms with Crippen LogP contribution in [0.25, 0.3) is 10.9 Å². The van der Waals surface area contributed by atoms with E-state index in [4.69, 9.17) is 15.2 Å². The van der Waals surface area contributed by atoms with Gasteiger partial charge in [-0.15, -0.1) is 0 Å². The summed E-state index contributed by atoms with van der Waals surface area (Å²) in [4.78, 5) is 29.9. The van der Waals surface area contributed by atoms with Crippen LogP contribution in [0.15, 0.2) is 115 Å². The Labute approximate surface area is 232 Å². The van der Waals surface area contributed by atoms with Crippen molar-refractivity contribution in [2.45, 2.75) is 25.7 Å². The second kappa shape index (κ2) is 12.6. The summed E-state index contributed by atoms with van der Waals surface area (Å²) in [6.45, 7) is 0.719. The Hall–Kier alpha value is -5.17. The molecular formula is C33H29N3O4. The Balaban J connectivity index is 1.35. The molecule has 40 heavy (non-hydrogen) atoms. The van der Waals surface area contributed by atoms with Gasteiger partial charge in [0.15, 0.2) is 11.5 Å². The van der Waals surface area contributed by atoms with Crippen LogP contribution in [-0.2, 0) is 24.4 Å². The predicted molar refractivity (Wildman–Crippen MR) is 154 cm³/mol. The molecule has 0 radical (unpaired) electrons. The minimum Gasteiger partial charge on any atom is -0.485 e. The molecule has 0 saturated heterocycles. The summed E-state index contributed by atoms with van der Waals surface area (Å²) < 4.78 is 12.2. The number of hydrogen-bond acceptors (Lipinski definition) is 5. The molecule has 3 N–H and O–H groups in total. The van der Waals surface area contributed by atoms with E-state index < -0.39 is 17.9 Å². The maximum atomic E-state index is 13.2. The fourth-order valence-electron chi connectivity index (χ4n) is 4.36. The van der Waals surface area contributed by atoms with E-state index in [2.05, 4.69) is 10.3 Å². The van der Waals surface area contributed by atoms with Crippen LogP contribution in [0.3, 0.4) is 0 Å². The van der Waals surface area contributed by atoms with E-state index in [9.17, 15) is 9.59 Å². The van der Waals surface area contributed by atoms with Crippen molar-refractivity contribution in [3.63, 3.8) is 0 Å². The summed E-state index contributed by atoms with van der Waals surface area (Å²) >= 11 is 0. The van der Waals surface area contributed by atoms with Crippen molar-refractivity contribution in [2.75, 3.05) is 0 Å². The van der Waals surface area contributed by atoms with Crippen LogP contribution in [0.5, 0.6) is 11.5 Å². The maximum absolute atomic E-state index is 13.2. The molecule has 0 saturated carbocycles. The Morgan fingerprint density at radius 2 is 1.38 bits per heavy atom. The zero-order chi connectivity index (χ0) is 27.7. The molecule has 0 aliphatic heterocycles. The molecule has 1 heterocycles. The number of carbonyl (C=O) groups excluding carboxylic acids is 2. The van der Waals surface area contributed by atoms with Gasteiger partial charge in [0.05, 0.1) is 11.1 Å². The molecule has 0 spiro atoms. The molecule has 7 nitrogen and oxygen atoms in total. The fraction of sp³-hybridized carbons (Fsp3) is 0.121. The Bertz CT molecular complexity index is 1600. The van der Waals surface area contributed by atoms with Gasteiger partial charge in [0.25, 0.3) is 5.91 Å². The Kier molecular flexibility index (Phi) is 8.32. The average Bonchev–Trinajstić information content (AvgIpc) is 2.99. The highest BCUT2D eigenvalue weighted by molar-refractivity contribution is 6.06. The van der Waals surface area contributed by atoms with Crippen molar-refractivity contribution >= 4 is 22.7 Å². The van der Waals surface area contributed by atoms with Gasteiger partial charge in [0.2, 0.25) is 5.91 Å². The molecule has 5 rings (SSSR count). The highest BCUT2D eigenvalue weighted by atomic mass is 16.5. The number of nitrogens with zero attached hydrogens (tertiary/aromatic N) is 1. The summed E-state index contributed by atoms with van der Waals surface area (Å²) in [5.74, 6) is 0.0456. The third-order valence-electron chi connectivity index (χ3n) is 6.45. The van der Waals surface area contributed by atoms with Gasteiger partial charge in [0.1, 0.15) is 19.3 Å². The summed E-state index contributed by atoms with van der Waals surface area (Å²) in [7, 11) is 0. The smallest absolute Gasteiger partial charge is 0.254 e. The van der Waals surface area contributed by atoms with Crippen LogP contribution in [0.1, 0.15) is 27.0 Å². The average molecular weight is 532 g/mol. The van der Waals surface area contributed by atoms with Gasteiger partial charge in [-0.2, -0.15) is 0 Å². The van der Waals surface area contributed by atoms with Crippen LogP contribution < -0.4 is 20.5 Å². The number of aromatic nitrogens is 1. The first-order valence-corrected chi connectivity index (χ1v) is 13.0. The van der Waals surface area contributed by atoms with E-state index in [1.165, 1.54) is 0 Å². The standard InChI is InChI=1S/C33H29N3O4/c34-32(37)28(36-33(38)27-15-7-13-26-14-8-18-35-31(26)27)19-25-16-17-29(39-21-23-9-3-1-4-10-23)30(20-25)40-22-24-11-5-2-6-12-24/h1-18,20,28H,19,21-22H2,(H2,34,37)(H,36,38)/t28-/m0/s1. The molecule has 200 valence electrons. The van der Waals surface area contributed by atoms with Gasteiger partial charge < -0.3 is 20.5 Å². The number of nitrogens with one attached hydrogen (secondary N) is 1. The van der Waals surface area contributed by atoms with Gasteiger partial charge in [-0.1, -0.05) is 84.9 Å². The summed E-state index contributed by atoms with van der Waals surface area (Å²) in [5.41, 5.74) is 9.44. The third-order valence-corrected chi connectivity index (χ3v) is 6.45. The molecule has 2 amide bonds. The zero-order valence-corrected chi connectivity index (χ0v) is 21.8. The van der Waals surface area contributed by atoms with Crippen LogP contribution in [-0.4, -0.2) is 22.8 Å². The second-order valence-electron chi connectivity index (χ2n) is 9.34. The van der Waals surface area contributed by atoms with Crippen molar-refractivity contribution in [2.24, 2.45) is 5.73 Å². The number of carbonyl (C=O) groups is 2. The lowest BCUT2D eigenvalue weighted by Crippen LogP contribution is -2.45. The third kappa shape index (κ3) is 6.63. The zero-order valence-electron chi connectivity index (χ0n) is 21.8. The number of amides is 2. The van der Waals surface area contributed by atoms with Crippen molar-refractivity contribution in [1.82, 2.24) is 10.3 Å². The monoisotopic (exact) mass is 531 g/mol. The SMILES string of the molecule is NC(=O)[C@H](Cc1ccc(OCc2ccccc2)c(OCc2ccccc2)c1)NC(=O)c1cccc2cccnc12. The minimum atomic E-state index is -0.940. The summed E-state index contributed by atoms with van der Waals surface area (Å²) in [6, 6.07) is 33.2. The fourth-order valence-corrected chi connectivity index (χ4v) is 4.36. The molecule has 4 aromatic carbocycles. The molecule has 5 aromatic rings. The quantitative estimate of drug-likeness (QED) is 0.243.